The van der Waals surface area contributed by atoms with E-state index in [-0.39, 0.29) is 11.5 Å². The molecule has 0 fully saturated rings. The Morgan fingerprint density at radius 2 is 0.690 bits per heavy atom. The topological polar surface area (TPSA) is 45.4 Å². The maximum absolute atomic E-state index is 10.0. The summed E-state index contributed by atoms with van der Waals surface area (Å²) < 4.78 is 2.47. The van der Waals surface area contributed by atoms with Gasteiger partial charge in [-0.2, -0.15) is 0 Å². The molecule has 0 bridgehead atoms. The molecule has 1 heterocycles. The maximum atomic E-state index is 10.0. The first kappa shape index (κ1) is 54.6. The van der Waals surface area contributed by atoms with E-state index in [4.69, 9.17) is 0 Å². The van der Waals surface area contributed by atoms with Crippen molar-refractivity contribution in [2.45, 2.75) is 59.8 Å². The molecule has 0 spiro atoms. The molecule has 0 aliphatic heterocycles. The molecule has 0 atom stereocenters. The number of hydrogen-bond acceptors (Lipinski definition) is 2. The molecule has 0 radical (unpaired) electrons. The van der Waals surface area contributed by atoms with Gasteiger partial charge in [0.15, 0.2) is 0 Å². The Kier molecular flexibility index (Phi) is 15.3. The largest absolute Gasteiger partial charge is 0.508 e. The van der Waals surface area contributed by atoms with Crippen LogP contribution in [0.3, 0.4) is 0 Å². The summed E-state index contributed by atoms with van der Waals surface area (Å²) >= 11 is 0. The Labute approximate surface area is 493 Å². The van der Waals surface area contributed by atoms with E-state index in [1.54, 1.807) is 12.1 Å². The Bertz CT molecular complexity index is 4640. The first-order valence-corrected chi connectivity index (χ1v) is 29.9. The third-order valence-electron chi connectivity index (χ3n) is 16.8. The third kappa shape index (κ3) is 9.56. The van der Waals surface area contributed by atoms with Gasteiger partial charge in [0.25, 0.3) is 0 Å². The summed E-state index contributed by atoms with van der Waals surface area (Å²) in [5, 5.41) is 37.1. The number of aromatic hydroxyl groups is 2. The highest BCUT2D eigenvalue weighted by Gasteiger charge is 2.46. The molecule has 0 saturated carbocycles. The van der Waals surface area contributed by atoms with Crippen molar-refractivity contribution in [3.8, 4) is 28.3 Å². The number of aromatic nitrogens is 1. The van der Waals surface area contributed by atoms with E-state index in [2.05, 4.69) is 255 Å². The zero-order valence-electron chi connectivity index (χ0n) is 48.7. The van der Waals surface area contributed by atoms with Crippen LogP contribution >= 0.6 is 0 Å². The summed E-state index contributed by atoms with van der Waals surface area (Å²) in [4.78, 5) is 0. The molecule has 84 heavy (non-hydrogen) atoms. The van der Waals surface area contributed by atoms with Gasteiger partial charge < -0.3 is 14.8 Å². The van der Waals surface area contributed by atoms with Crippen LogP contribution in [-0.2, 0) is 18.3 Å². The summed E-state index contributed by atoms with van der Waals surface area (Å²) in [5.41, 5.74) is 13.5. The monoisotopic (exact) mass is 1090 g/mol. The minimum absolute atomic E-state index is 0.273. The fraction of sp³-hybridized carbons (Fsp3) is 0.111. The van der Waals surface area contributed by atoms with Gasteiger partial charge in [-0.3, -0.25) is 0 Å². The number of fused-ring (bicyclic) bond motifs is 14. The van der Waals surface area contributed by atoms with Crippen molar-refractivity contribution in [2.75, 3.05) is 0 Å². The quantitative estimate of drug-likeness (QED) is 0.169. The zero-order valence-corrected chi connectivity index (χ0v) is 48.7. The molecule has 15 aromatic rings. The van der Waals surface area contributed by atoms with Crippen molar-refractivity contribution in [1.29, 1.82) is 0 Å². The molecule has 410 valence electrons. The van der Waals surface area contributed by atoms with E-state index in [9.17, 15) is 10.2 Å². The van der Waals surface area contributed by atoms with E-state index in [0.717, 1.165) is 34.4 Å². The fourth-order valence-electron chi connectivity index (χ4n) is 12.9. The second-order valence-corrected chi connectivity index (χ2v) is 21.3. The molecule has 3 heteroatoms. The van der Waals surface area contributed by atoms with Crippen LogP contribution in [0.2, 0.25) is 0 Å². The number of nitrogens with zero attached hydrogens (tertiary/aromatic N) is 1. The number of benzene rings is 14. The lowest BCUT2D eigenvalue weighted by molar-refractivity contribution is 0.475. The molecule has 0 saturated heterocycles. The Hall–Kier alpha value is -9.96. The van der Waals surface area contributed by atoms with E-state index in [1.165, 1.54) is 115 Å². The van der Waals surface area contributed by atoms with Crippen LogP contribution in [0.1, 0.15) is 74.9 Å². The highest BCUT2D eigenvalue weighted by Crippen LogP contribution is 2.56. The van der Waals surface area contributed by atoms with E-state index in [1.807, 2.05) is 52.0 Å². The van der Waals surface area contributed by atoms with Gasteiger partial charge in [-0.15, -0.1) is 0 Å². The van der Waals surface area contributed by atoms with Crippen molar-refractivity contribution in [3.05, 3.63) is 306 Å². The smallest absolute Gasteiger partial charge is 0.116 e. The van der Waals surface area contributed by atoms with Crippen LogP contribution in [0.5, 0.6) is 11.5 Å². The number of rotatable bonds is 5. The first-order chi connectivity index (χ1) is 41.4. The minimum Gasteiger partial charge on any atom is -0.508 e. The first-order valence-electron chi connectivity index (χ1n) is 29.9. The van der Waals surface area contributed by atoms with Gasteiger partial charge in [-0.25, -0.2) is 0 Å². The van der Waals surface area contributed by atoms with Gasteiger partial charge in [-0.1, -0.05) is 248 Å². The lowest BCUT2D eigenvalue weighted by Crippen LogP contribution is -2.28. The summed E-state index contributed by atoms with van der Waals surface area (Å²) in [7, 11) is 0. The highest BCUT2D eigenvalue weighted by atomic mass is 16.3. The van der Waals surface area contributed by atoms with Gasteiger partial charge in [0.2, 0.25) is 0 Å². The van der Waals surface area contributed by atoms with Crippen LogP contribution < -0.4 is 0 Å². The molecule has 14 aromatic carbocycles. The van der Waals surface area contributed by atoms with Gasteiger partial charge in [0.05, 0.1) is 22.1 Å². The minimum atomic E-state index is -0.495. The average Bonchev–Trinajstić information content (AvgIpc) is 4.19. The zero-order chi connectivity index (χ0) is 57.9. The van der Waals surface area contributed by atoms with Gasteiger partial charge >= 0.3 is 0 Å². The van der Waals surface area contributed by atoms with Gasteiger partial charge in [0, 0.05) is 16.2 Å². The van der Waals surface area contributed by atoms with E-state index in [0.29, 0.717) is 0 Å². The van der Waals surface area contributed by atoms with Crippen LogP contribution in [0.25, 0.3) is 103 Å². The van der Waals surface area contributed by atoms with Crippen molar-refractivity contribution < 1.29 is 10.2 Å². The lowest BCUT2D eigenvalue weighted by Gasteiger charge is -2.34. The van der Waals surface area contributed by atoms with Crippen LogP contribution in [0.15, 0.2) is 273 Å². The summed E-state index contributed by atoms with van der Waals surface area (Å²) in [6, 6.07) is 97.0. The molecular formula is C81H69NO2. The predicted octanol–water partition coefficient (Wildman–Crippen LogP) is 22.0. The highest BCUT2D eigenvalue weighted by molar-refractivity contribution is 6.29. The molecule has 1 aliphatic rings. The molecule has 16 rings (SSSR count). The van der Waals surface area contributed by atoms with Gasteiger partial charge in [-0.05, 0) is 183 Å². The predicted molar refractivity (Wildman–Crippen MR) is 361 cm³/mol. The second-order valence-electron chi connectivity index (χ2n) is 21.3. The standard InChI is InChI=1S/C34H21N.C33H22O2.C10H14.2C2H6/c1-2-11-25-21-29-26(20-24(25)10-1)12-7-15-30(29)35-31-18-16-22-8-3-5-13-27(22)33(31)34-28-14-6-4-9-23(28)17-19-32(34)35;34-27-15-11-21-17-25(13-9-23(21)19-27)33(26-14-10-24-20-28(35)16-12-22(24)18-26)31-7-3-1-5-29(31)30-6-2-4-8-32(30)33;1-3-9-5-7-10(4-2)8-6-9;2*1-2/h1-21H;1-20,34-35H;5-8H,3-4H2,1-2H3;2*1-2H3. The van der Waals surface area contributed by atoms with Gasteiger partial charge in [0.1, 0.15) is 11.5 Å². The number of aryl methyl sites for hydroxylation is 2. The molecule has 0 amide bonds. The average molecular weight is 1090 g/mol. The van der Waals surface area contributed by atoms with Crippen LogP contribution in [0, 0.1) is 0 Å². The normalized spacial score (nSPS) is 12.0. The van der Waals surface area contributed by atoms with Crippen molar-refractivity contribution in [3.63, 3.8) is 0 Å². The Balaban J connectivity index is 0.000000135. The number of phenolic OH excluding ortho intramolecular Hbond substituents is 2. The number of phenols is 2. The third-order valence-corrected chi connectivity index (χ3v) is 16.8. The molecule has 3 nitrogen and oxygen atoms in total. The SMILES string of the molecule is CC.CC.CCc1ccc(CC)cc1.Oc1ccc2cc(C3(c4ccc5cc(O)ccc5c4)c4ccccc4-c4ccccc43)ccc2c1.c1ccc2cc3c(-n4c5ccc6ccccc6c5c5c6ccccc6ccc54)cccc3cc2c1. The van der Waals surface area contributed by atoms with Crippen molar-refractivity contribution >= 4 is 86.4 Å². The van der Waals surface area contributed by atoms with Crippen molar-refractivity contribution in [2.24, 2.45) is 0 Å². The number of hydrogen-bond donors (Lipinski definition) is 2. The van der Waals surface area contributed by atoms with E-state index < -0.39 is 5.41 Å². The molecule has 0 unspecified atom stereocenters. The Morgan fingerprint density at radius 1 is 0.310 bits per heavy atom. The maximum Gasteiger partial charge on any atom is 0.116 e. The summed E-state index contributed by atoms with van der Waals surface area (Å²) in [6.45, 7) is 12.4. The van der Waals surface area contributed by atoms with Crippen LogP contribution in [-0.4, -0.2) is 14.8 Å². The van der Waals surface area contributed by atoms with E-state index >= 15 is 0 Å². The fourth-order valence-corrected chi connectivity index (χ4v) is 12.9. The summed E-state index contributed by atoms with van der Waals surface area (Å²) in [6.07, 6.45) is 2.29. The summed E-state index contributed by atoms with van der Waals surface area (Å²) in [5.74, 6) is 0.545. The lowest BCUT2D eigenvalue weighted by atomic mass is 9.67. The van der Waals surface area contributed by atoms with Crippen LogP contribution in [0.4, 0.5) is 0 Å². The molecule has 1 aromatic heterocycles. The second kappa shape index (κ2) is 23.5. The molecular weight excluding hydrogens is 1020 g/mol. The molecule has 1 aliphatic carbocycles. The Morgan fingerprint density at radius 3 is 1.18 bits per heavy atom. The van der Waals surface area contributed by atoms with Crippen molar-refractivity contribution in [1.82, 2.24) is 4.57 Å². The molecule has 2 N–H and O–H groups in total.